The van der Waals surface area contributed by atoms with Crippen molar-refractivity contribution >= 4 is 15.9 Å². The van der Waals surface area contributed by atoms with E-state index in [1.165, 1.54) is 4.31 Å². The first-order valence-electron chi connectivity index (χ1n) is 7.78. The summed E-state index contributed by atoms with van der Waals surface area (Å²) in [5.41, 5.74) is 0.379. The summed E-state index contributed by atoms with van der Waals surface area (Å²) in [4.78, 5) is 13.8. The van der Waals surface area contributed by atoms with Crippen LogP contribution in [0.25, 0.3) is 0 Å². The molecule has 1 aromatic heterocycles. The van der Waals surface area contributed by atoms with Gasteiger partial charge in [-0.15, -0.1) is 0 Å². The van der Waals surface area contributed by atoms with Crippen molar-refractivity contribution in [3.05, 3.63) is 11.5 Å². The maximum Gasteiger partial charge on any atom is 0.248 e. The summed E-state index contributed by atoms with van der Waals surface area (Å²) in [6.45, 7) is 7.96. The van der Waals surface area contributed by atoms with Gasteiger partial charge in [-0.1, -0.05) is 12.1 Å². The lowest BCUT2D eigenvalue weighted by Crippen LogP contribution is -2.51. The number of nitrogens with zero attached hydrogens (tertiary/aromatic N) is 3. The zero-order chi connectivity index (χ0) is 17.0. The van der Waals surface area contributed by atoms with Gasteiger partial charge in [-0.05, 0) is 20.3 Å². The average molecular weight is 344 g/mol. The molecular formula is C14H24N4O4S. The monoisotopic (exact) mass is 344 g/mol. The normalized spacial score (nSPS) is 17.3. The molecule has 1 aromatic rings. The Hall–Kier alpha value is -1.45. The van der Waals surface area contributed by atoms with Crippen LogP contribution >= 0.6 is 0 Å². The molecular weight excluding hydrogens is 320 g/mol. The summed E-state index contributed by atoms with van der Waals surface area (Å²) in [6.07, 6.45) is 0.898. The van der Waals surface area contributed by atoms with Crippen LogP contribution in [0.2, 0.25) is 0 Å². The van der Waals surface area contributed by atoms with Crippen molar-refractivity contribution in [2.24, 2.45) is 0 Å². The summed E-state index contributed by atoms with van der Waals surface area (Å²) in [7, 11) is -3.60. The number of rotatable bonds is 6. The molecule has 2 heterocycles. The molecule has 9 heteroatoms. The first kappa shape index (κ1) is 17.9. The van der Waals surface area contributed by atoms with Crippen molar-refractivity contribution in [2.75, 3.05) is 39.3 Å². The molecule has 8 nitrogen and oxygen atoms in total. The summed E-state index contributed by atoms with van der Waals surface area (Å²) in [5, 5.41) is 6.54. The molecule has 0 saturated carbocycles. The average Bonchev–Trinajstić information content (AvgIpc) is 2.85. The molecule has 0 unspecified atom stereocenters. The van der Waals surface area contributed by atoms with E-state index in [0.29, 0.717) is 50.7 Å². The molecule has 1 saturated heterocycles. The van der Waals surface area contributed by atoms with Crippen LogP contribution in [-0.4, -0.2) is 68.0 Å². The van der Waals surface area contributed by atoms with Crippen LogP contribution in [0.1, 0.15) is 24.8 Å². The molecule has 0 bridgehead atoms. The Kier molecular flexibility index (Phi) is 5.77. The molecule has 130 valence electrons. The standard InChI is InChI=1S/C14H24N4O4S/c1-4-5-15-13(19)10-17-6-8-18(9-7-17)23(20,21)14-11(2)16-22-12(14)3/h4-10H2,1-3H3,(H,15,19). The number of sulfonamides is 1. The van der Waals surface area contributed by atoms with Crippen molar-refractivity contribution < 1.29 is 17.7 Å². The number of aryl methyl sites for hydroxylation is 2. The van der Waals surface area contributed by atoms with Crippen LogP contribution in [-0.2, 0) is 14.8 Å². The molecule has 1 N–H and O–H groups in total. The van der Waals surface area contributed by atoms with E-state index in [-0.39, 0.29) is 10.8 Å². The Morgan fingerprint density at radius 1 is 1.26 bits per heavy atom. The van der Waals surface area contributed by atoms with Gasteiger partial charge in [0.2, 0.25) is 15.9 Å². The third-order valence-electron chi connectivity index (χ3n) is 3.84. The van der Waals surface area contributed by atoms with Crippen molar-refractivity contribution in [2.45, 2.75) is 32.1 Å². The molecule has 23 heavy (non-hydrogen) atoms. The fraction of sp³-hybridized carbons (Fsp3) is 0.714. The van der Waals surface area contributed by atoms with Gasteiger partial charge in [0.1, 0.15) is 10.6 Å². The minimum absolute atomic E-state index is 0.0196. The molecule has 1 amide bonds. The second-order valence-electron chi connectivity index (χ2n) is 5.68. The highest BCUT2D eigenvalue weighted by Gasteiger charge is 2.33. The molecule has 0 aliphatic carbocycles. The molecule has 1 fully saturated rings. The van der Waals surface area contributed by atoms with Gasteiger partial charge in [-0.25, -0.2) is 8.42 Å². The van der Waals surface area contributed by atoms with E-state index in [2.05, 4.69) is 10.5 Å². The number of nitrogens with one attached hydrogen (secondary N) is 1. The third kappa shape index (κ3) is 4.10. The van der Waals surface area contributed by atoms with Crippen LogP contribution in [0, 0.1) is 13.8 Å². The molecule has 1 aliphatic heterocycles. The fourth-order valence-corrected chi connectivity index (χ4v) is 4.34. The van der Waals surface area contributed by atoms with Gasteiger partial charge in [0.05, 0.1) is 6.54 Å². The summed E-state index contributed by atoms with van der Waals surface area (Å²) >= 11 is 0. The highest BCUT2D eigenvalue weighted by Crippen LogP contribution is 2.24. The maximum atomic E-state index is 12.7. The van der Waals surface area contributed by atoms with Crippen molar-refractivity contribution in [1.29, 1.82) is 0 Å². The lowest BCUT2D eigenvalue weighted by atomic mass is 10.3. The van der Waals surface area contributed by atoms with E-state index >= 15 is 0 Å². The van der Waals surface area contributed by atoms with E-state index < -0.39 is 10.0 Å². The second-order valence-corrected chi connectivity index (χ2v) is 7.56. The minimum Gasteiger partial charge on any atom is -0.360 e. The van der Waals surface area contributed by atoms with Crippen molar-refractivity contribution in [1.82, 2.24) is 19.7 Å². The Morgan fingerprint density at radius 3 is 2.43 bits per heavy atom. The highest BCUT2D eigenvalue weighted by atomic mass is 32.2. The number of amides is 1. The molecule has 0 atom stereocenters. The second kappa shape index (κ2) is 7.41. The molecule has 0 spiro atoms. The van der Waals surface area contributed by atoms with Gasteiger partial charge >= 0.3 is 0 Å². The molecule has 0 radical (unpaired) electrons. The lowest BCUT2D eigenvalue weighted by Gasteiger charge is -2.33. The Morgan fingerprint density at radius 2 is 1.91 bits per heavy atom. The summed E-state index contributed by atoms with van der Waals surface area (Å²) in [6, 6.07) is 0. The first-order chi connectivity index (χ1) is 10.9. The van der Waals surface area contributed by atoms with Crippen LogP contribution in [0.4, 0.5) is 0 Å². The zero-order valence-corrected chi connectivity index (χ0v) is 14.6. The predicted octanol–water partition coefficient (Wildman–Crippen LogP) is 0.124. The third-order valence-corrected chi connectivity index (χ3v) is 5.98. The summed E-state index contributed by atoms with van der Waals surface area (Å²) < 4.78 is 31.8. The predicted molar refractivity (Wildman–Crippen MR) is 84.5 cm³/mol. The quantitative estimate of drug-likeness (QED) is 0.788. The van der Waals surface area contributed by atoms with Gasteiger partial charge < -0.3 is 9.84 Å². The zero-order valence-electron chi connectivity index (χ0n) is 13.8. The summed E-state index contributed by atoms with van der Waals surface area (Å²) in [5.74, 6) is 0.290. The fourth-order valence-electron chi connectivity index (χ4n) is 2.62. The molecule has 1 aliphatic rings. The Balaban J connectivity index is 1.95. The Labute approximate surface area is 136 Å². The van der Waals surface area contributed by atoms with Crippen LogP contribution in [0.3, 0.4) is 0 Å². The van der Waals surface area contributed by atoms with Crippen LogP contribution < -0.4 is 5.32 Å². The maximum absolute atomic E-state index is 12.7. The van der Waals surface area contributed by atoms with Crippen LogP contribution in [0.15, 0.2) is 9.42 Å². The smallest absolute Gasteiger partial charge is 0.248 e. The highest BCUT2D eigenvalue weighted by molar-refractivity contribution is 7.89. The first-order valence-corrected chi connectivity index (χ1v) is 9.22. The number of aromatic nitrogens is 1. The van der Waals surface area contributed by atoms with E-state index in [0.717, 1.165) is 6.42 Å². The molecule has 0 aromatic carbocycles. The van der Waals surface area contributed by atoms with Crippen molar-refractivity contribution in [3.63, 3.8) is 0 Å². The number of hydrogen-bond acceptors (Lipinski definition) is 6. The molecule has 2 rings (SSSR count). The minimum atomic E-state index is -3.60. The number of carbonyl (C=O) groups is 1. The Bertz CT molecular complexity index is 628. The van der Waals surface area contributed by atoms with Gasteiger partial charge in [0.15, 0.2) is 5.76 Å². The lowest BCUT2D eigenvalue weighted by molar-refractivity contribution is -0.122. The van der Waals surface area contributed by atoms with Gasteiger partial charge in [0.25, 0.3) is 0 Å². The van der Waals surface area contributed by atoms with E-state index in [1.807, 2.05) is 11.8 Å². The van der Waals surface area contributed by atoms with E-state index in [4.69, 9.17) is 4.52 Å². The largest absolute Gasteiger partial charge is 0.360 e. The topological polar surface area (TPSA) is 95.8 Å². The van der Waals surface area contributed by atoms with Crippen molar-refractivity contribution in [3.8, 4) is 0 Å². The number of carbonyl (C=O) groups excluding carboxylic acids is 1. The van der Waals surface area contributed by atoms with Gasteiger partial charge in [-0.3, -0.25) is 9.69 Å². The van der Waals surface area contributed by atoms with E-state index in [9.17, 15) is 13.2 Å². The number of piperazine rings is 1. The van der Waals surface area contributed by atoms with E-state index in [1.54, 1.807) is 13.8 Å². The SMILES string of the molecule is CCCNC(=O)CN1CCN(S(=O)(=O)c2c(C)noc2C)CC1. The van der Waals surface area contributed by atoms with Gasteiger partial charge in [0, 0.05) is 32.7 Å². The van der Waals surface area contributed by atoms with Gasteiger partial charge in [-0.2, -0.15) is 4.31 Å². The number of hydrogen-bond donors (Lipinski definition) is 1. The van der Waals surface area contributed by atoms with Crippen LogP contribution in [0.5, 0.6) is 0 Å².